The Morgan fingerprint density at radius 1 is 1.42 bits per heavy atom. The van der Waals surface area contributed by atoms with E-state index in [1.54, 1.807) is 0 Å². The molecule has 5 nitrogen and oxygen atoms in total. The predicted octanol–water partition coefficient (Wildman–Crippen LogP) is 1.17. The molecule has 0 amide bonds. The van der Waals surface area contributed by atoms with E-state index in [4.69, 9.17) is 4.52 Å². The van der Waals surface area contributed by atoms with Crippen molar-refractivity contribution in [2.75, 3.05) is 40.8 Å². The fourth-order valence-corrected chi connectivity index (χ4v) is 2.76. The summed E-state index contributed by atoms with van der Waals surface area (Å²) in [6.45, 7) is 5.21. The molecule has 108 valence electrons. The largest absolute Gasteiger partial charge is 0.360 e. The SMILES string of the molecule is CNCc1cc(CN2CCC(CN(C)C)CC2)on1. The first-order valence-corrected chi connectivity index (χ1v) is 7.13. The highest BCUT2D eigenvalue weighted by molar-refractivity contribution is 5.05. The standard InChI is InChI=1S/C14H26N4O/c1-15-9-13-8-14(19-16-13)11-18-6-4-12(5-7-18)10-17(2)3/h8,12,15H,4-7,9-11H2,1-3H3. The second kappa shape index (κ2) is 7.03. The molecule has 1 saturated heterocycles. The number of rotatable bonds is 6. The first-order valence-electron chi connectivity index (χ1n) is 7.13. The molecule has 2 rings (SSSR count). The molecule has 0 unspecified atom stereocenters. The Kier molecular flexibility index (Phi) is 5.36. The summed E-state index contributed by atoms with van der Waals surface area (Å²) in [6.07, 6.45) is 2.57. The average Bonchev–Trinajstić information content (AvgIpc) is 2.79. The summed E-state index contributed by atoms with van der Waals surface area (Å²) < 4.78 is 5.37. The van der Waals surface area contributed by atoms with Crippen LogP contribution in [0.5, 0.6) is 0 Å². The Labute approximate surface area is 115 Å². The molecule has 0 spiro atoms. The lowest BCUT2D eigenvalue weighted by Gasteiger charge is -2.32. The fourth-order valence-electron chi connectivity index (χ4n) is 2.76. The maximum Gasteiger partial charge on any atom is 0.151 e. The highest BCUT2D eigenvalue weighted by Crippen LogP contribution is 2.19. The van der Waals surface area contributed by atoms with Crippen molar-refractivity contribution in [3.05, 3.63) is 17.5 Å². The summed E-state index contributed by atoms with van der Waals surface area (Å²) in [5.74, 6) is 1.83. The van der Waals surface area contributed by atoms with Crippen LogP contribution in [0.1, 0.15) is 24.3 Å². The molecule has 0 bridgehead atoms. The van der Waals surface area contributed by atoms with E-state index in [0.717, 1.165) is 30.5 Å². The van der Waals surface area contributed by atoms with Gasteiger partial charge in [0.15, 0.2) is 5.76 Å². The molecule has 5 heteroatoms. The Morgan fingerprint density at radius 2 is 2.16 bits per heavy atom. The highest BCUT2D eigenvalue weighted by atomic mass is 16.5. The van der Waals surface area contributed by atoms with Crippen molar-refractivity contribution < 1.29 is 4.52 Å². The van der Waals surface area contributed by atoms with E-state index < -0.39 is 0 Å². The van der Waals surface area contributed by atoms with Crippen molar-refractivity contribution in [2.45, 2.75) is 25.9 Å². The predicted molar refractivity (Wildman–Crippen MR) is 75.8 cm³/mol. The molecule has 0 aromatic carbocycles. The zero-order valence-corrected chi connectivity index (χ0v) is 12.4. The minimum Gasteiger partial charge on any atom is -0.360 e. The smallest absolute Gasteiger partial charge is 0.151 e. The molecule has 1 aliphatic heterocycles. The van der Waals surface area contributed by atoms with E-state index in [2.05, 4.69) is 40.4 Å². The summed E-state index contributed by atoms with van der Waals surface area (Å²) in [5, 5.41) is 7.14. The Balaban J connectivity index is 1.75. The van der Waals surface area contributed by atoms with Crippen LogP contribution in [0, 0.1) is 5.92 Å². The van der Waals surface area contributed by atoms with Crippen LogP contribution in [-0.4, -0.2) is 55.7 Å². The van der Waals surface area contributed by atoms with E-state index in [9.17, 15) is 0 Å². The van der Waals surface area contributed by atoms with Gasteiger partial charge in [-0.2, -0.15) is 0 Å². The van der Waals surface area contributed by atoms with Gasteiger partial charge in [0.2, 0.25) is 0 Å². The van der Waals surface area contributed by atoms with Gasteiger partial charge in [-0.25, -0.2) is 0 Å². The topological polar surface area (TPSA) is 44.5 Å². The molecule has 0 atom stereocenters. The van der Waals surface area contributed by atoms with Crippen LogP contribution < -0.4 is 5.32 Å². The minimum atomic E-state index is 0.772. The normalized spacial score (nSPS) is 18.3. The van der Waals surface area contributed by atoms with E-state index in [1.165, 1.54) is 32.5 Å². The minimum absolute atomic E-state index is 0.772. The van der Waals surface area contributed by atoms with Gasteiger partial charge in [0, 0.05) is 19.2 Å². The molecule has 1 N–H and O–H groups in total. The van der Waals surface area contributed by atoms with Crippen molar-refractivity contribution in [1.29, 1.82) is 0 Å². The number of aromatic nitrogens is 1. The number of likely N-dealkylation sites (tertiary alicyclic amines) is 1. The Bertz CT molecular complexity index is 369. The summed E-state index contributed by atoms with van der Waals surface area (Å²) in [6, 6.07) is 2.06. The molecule has 0 radical (unpaired) electrons. The van der Waals surface area contributed by atoms with Gasteiger partial charge in [-0.15, -0.1) is 0 Å². The van der Waals surface area contributed by atoms with E-state index in [0.29, 0.717) is 0 Å². The van der Waals surface area contributed by atoms with Crippen molar-refractivity contribution in [3.63, 3.8) is 0 Å². The van der Waals surface area contributed by atoms with Gasteiger partial charge in [-0.1, -0.05) is 5.16 Å². The lowest BCUT2D eigenvalue weighted by molar-refractivity contribution is 0.145. The summed E-state index contributed by atoms with van der Waals surface area (Å²) in [7, 11) is 6.23. The first kappa shape index (κ1) is 14.5. The number of nitrogens with zero attached hydrogens (tertiary/aromatic N) is 3. The highest BCUT2D eigenvalue weighted by Gasteiger charge is 2.20. The first-order chi connectivity index (χ1) is 9.17. The Morgan fingerprint density at radius 3 is 2.79 bits per heavy atom. The summed E-state index contributed by atoms with van der Waals surface area (Å²) in [4.78, 5) is 4.76. The van der Waals surface area contributed by atoms with Gasteiger partial charge < -0.3 is 14.7 Å². The van der Waals surface area contributed by atoms with E-state index >= 15 is 0 Å². The number of hydrogen-bond donors (Lipinski definition) is 1. The molecule has 2 heterocycles. The maximum absolute atomic E-state index is 5.37. The molecular formula is C14H26N4O. The van der Waals surface area contributed by atoms with Gasteiger partial charge in [0.25, 0.3) is 0 Å². The zero-order chi connectivity index (χ0) is 13.7. The van der Waals surface area contributed by atoms with Gasteiger partial charge in [0.1, 0.15) is 0 Å². The van der Waals surface area contributed by atoms with Crippen molar-refractivity contribution >= 4 is 0 Å². The van der Waals surface area contributed by atoms with Gasteiger partial charge in [0.05, 0.1) is 12.2 Å². The summed E-state index contributed by atoms with van der Waals surface area (Å²) in [5.41, 5.74) is 0.986. The van der Waals surface area contributed by atoms with Crippen LogP contribution in [0.2, 0.25) is 0 Å². The number of nitrogens with one attached hydrogen (secondary N) is 1. The molecule has 19 heavy (non-hydrogen) atoms. The second-order valence-electron chi connectivity index (χ2n) is 5.80. The molecular weight excluding hydrogens is 240 g/mol. The Hall–Kier alpha value is -0.910. The van der Waals surface area contributed by atoms with Gasteiger partial charge in [-0.3, -0.25) is 4.90 Å². The van der Waals surface area contributed by atoms with Crippen molar-refractivity contribution in [1.82, 2.24) is 20.3 Å². The quantitative estimate of drug-likeness (QED) is 0.837. The fraction of sp³-hybridized carbons (Fsp3) is 0.786. The molecule has 1 aromatic heterocycles. The molecule has 1 aromatic rings. The molecule has 0 saturated carbocycles. The van der Waals surface area contributed by atoms with Crippen LogP contribution in [0.4, 0.5) is 0 Å². The van der Waals surface area contributed by atoms with E-state index in [-0.39, 0.29) is 0 Å². The van der Waals surface area contributed by atoms with Gasteiger partial charge >= 0.3 is 0 Å². The van der Waals surface area contributed by atoms with Crippen molar-refractivity contribution in [2.24, 2.45) is 5.92 Å². The van der Waals surface area contributed by atoms with Crippen LogP contribution >= 0.6 is 0 Å². The average molecular weight is 266 g/mol. The van der Waals surface area contributed by atoms with Crippen LogP contribution in [-0.2, 0) is 13.1 Å². The molecule has 0 aliphatic carbocycles. The van der Waals surface area contributed by atoms with Crippen LogP contribution in [0.15, 0.2) is 10.6 Å². The third kappa shape index (κ3) is 4.60. The van der Waals surface area contributed by atoms with E-state index in [1.807, 2.05) is 7.05 Å². The second-order valence-corrected chi connectivity index (χ2v) is 5.80. The number of piperidine rings is 1. The third-order valence-electron chi connectivity index (χ3n) is 3.68. The monoisotopic (exact) mass is 266 g/mol. The maximum atomic E-state index is 5.37. The zero-order valence-electron chi connectivity index (χ0n) is 12.4. The number of hydrogen-bond acceptors (Lipinski definition) is 5. The summed E-state index contributed by atoms with van der Waals surface area (Å²) >= 11 is 0. The molecule has 1 fully saturated rings. The van der Waals surface area contributed by atoms with Gasteiger partial charge in [-0.05, 0) is 53.0 Å². The van der Waals surface area contributed by atoms with Crippen molar-refractivity contribution in [3.8, 4) is 0 Å². The lowest BCUT2D eigenvalue weighted by atomic mass is 9.96. The van der Waals surface area contributed by atoms with Crippen LogP contribution in [0.3, 0.4) is 0 Å². The third-order valence-corrected chi connectivity index (χ3v) is 3.68. The lowest BCUT2D eigenvalue weighted by Crippen LogP contribution is -2.36. The molecule has 1 aliphatic rings. The van der Waals surface area contributed by atoms with Crippen LogP contribution in [0.25, 0.3) is 0 Å².